The minimum Gasteiger partial charge on any atom is -0.444 e. The van der Waals surface area contributed by atoms with Gasteiger partial charge in [-0.3, -0.25) is 0 Å². The van der Waals surface area contributed by atoms with Crippen LogP contribution in [0.3, 0.4) is 0 Å². The molecule has 0 aromatic heterocycles. The number of rotatable bonds is 4. The number of nitrogens with zero attached hydrogens (tertiary/aromatic N) is 1. The minimum atomic E-state index is -3.17. The molecule has 0 radical (unpaired) electrons. The Labute approximate surface area is 157 Å². The number of ether oxygens (including phenoxy) is 1. The average molecular weight is 385 g/mol. The number of piperidine rings is 1. The Hall–Kier alpha value is -1.34. The van der Waals surface area contributed by atoms with Crippen LogP contribution in [0.1, 0.15) is 47.0 Å². The zero-order valence-electron chi connectivity index (χ0n) is 16.3. The van der Waals surface area contributed by atoms with Crippen molar-refractivity contribution in [2.24, 2.45) is 17.6 Å². The summed E-state index contributed by atoms with van der Waals surface area (Å²) in [5.74, 6) is 0.407. The van der Waals surface area contributed by atoms with Crippen LogP contribution in [-0.4, -0.2) is 49.9 Å². The van der Waals surface area contributed by atoms with Gasteiger partial charge in [0.2, 0.25) is 0 Å². The highest BCUT2D eigenvalue weighted by molar-refractivity contribution is 7.95. The number of hydrogen-bond acceptors (Lipinski definition) is 5. The van der Waals surface area contributed by atoms with E-state index < -0.39 is 15.4 Å². The van der Waals surface area contributed by atoms with Crippen LogP contribution >= 0.6 is 0 Å². The molecule has 1 aliphatic heterocycles. The van der Waals surface area contributed by atoms with Crippen LogP contribution in [0.25, 0.3) is 0 Å². The molecule has 0 spiro atoms. The van der Waals surface area contributed by atoms with E-state index in [4.69, 9.17) is 10.5 Å². The second-order valence-electron chi connectivity index (χ2n) is 8.17. The Balaban J connectivity index is 1.91. The van der Waals surface area contributed by atoms with E-state index in [0.717, 1.165) is 12.8 Å². The molecule has 7 heteroatoms. The summed E-state index contributed by atoms with van der Waals surface area (Å²) in [4.78, 5) is 14.4. The molecule has 2 atom stereocenters. The van der Waals surface area contributed by atoms with Gasteiger partial charge in [-0.2, -0.15) is 0 Å². The van der Waals surface area contributed by atoms with E-state index in [9.17, 15) is 13.2 Å². The molecule has 148 valence electrons. The molecule has 26 heavy (non-hydrogen) atoms. The topological polar surface area (TPSA) is 89.7 Å². The molecule has 0 bridgehead atoms. The maximum atomic E-state index is 12.2. The molecule has 0 aromatic carbocycles. The number of likely N-dealkylation sites (tertiary alicyclic amines) is 1. The third-order valence-corrected chi connectivity index (χ3v) is 6.95. The molecule has 2 N–H and O–H groups in total. The van der Waals surface area contributed by atoms with Crippen molar-refractivity contribution in [2.75, 3.05) is 18.8 Å². The van der Waals surface area contributed by atoms with Crippen LogP contribution in [-0.2, 0) is 14.6 Å². The predicted molar refractivity (Wildman–Crippen MR) is 103 cm³/mol. The van der Waals surface area contributed by atoms with E-state index in [-0.39, 0.29) is 29.7 Å². The van der Waals surface area contributed by atoms with Crippen molar-refractivity contribution in [3.8, 4) is 0 Å². The number of hydrogen-bond donors (Lipinski definition) is 1. The third-order valence-electron chi connectivity index (χ3n) is 5.09. The van der Waals surface area contributed by atoms with E-state index in [1.54, 1.807) is 17.9 Å². The first-order valence-electron chi connectivity index (χ1n) is 9.37. The van der Waals surface area contributed by atoms with Gasteiger partial charge in [0.1, 0.15) is 5.60 Å². The maximum absolute atomic E-state index is 12.2. The molecule has 2 rings (SSSR count). The standard InChI is InChI=1S/C19H32N2O4S/c1-5-26(23,24)16-8-6-7-15(13-16)17(20)14-9-11-21(12-10-14)18(22)25-19(2,3)4/h6-8,14-15,17H,5,9-13,20H2,1-4H3. The molecule has 0 saturated carbocycles. The lowest BCUT2D eigenvalue weighted by Gasteiger charge is -2.38. The summed E-state index contributed by atoms with van der Waals surface area (Å²) in [6.45, 7) is 8.49. The fraction of sp³-hybridized carbons (Fsp3) is 0.737. The lowest BCUT2D eigenvalue weighted by atomic mass is 9.80. The maximum Gasteiger partial charge on any atom is 0.410 e. The highest BCUT2D eigenvalue weighted by Gasteiger charge is 2.33. The fourth-order valence-corrected chi connectivity index (χ4v) is 4.60. The third kappa shape index (κ3) is 5.33. The van der Waals surface area contributed by atoms with E-state index in [1.807, 2.05) is 32.9 Å². The van der Waals surface area contributed by atoms with Gasteiger partial charge in [0.05, 0.1) is 5.75 Å². The number of sulfone groups is 1. The number of nitrogens with two attached hydrogens (primary N) is 1. The first kappa shape index (κ1) is 21.0. The summed E-state index contributed by atoms with van der Waals surface area (Å²) < 4.78 is 29.7. The van der Waals surface area contributed by atoms with E-state index in [2.05, 4.69) is 0 Å². The Morgan fingerprint density at radius 3 is 2.50 bits per heavy atom. The van der Waals surface area contributed by atoms with Gasteiger partial charge in [-0.05, 0) is 57.9 Å². The molecule has 6 nitrogen and oxygen atoms in total. The summed E-state index contributed by atoms with van der Waals surface area (Å²) in [5.41, 5.74) is 5.99. The predicted octanol–water partition coefficient (Wildman–Crippen LogP) is 2.86. The number of amides is 1. The monoisotopic (exact) mass is 384 g/mol. The van der Waals surface area contributed by atoms with Gasteiger partial charge in [0, 0.05) is 24.0 Å². The molecule has 2 aliphatic rings. The smallest absolute Gasteiger partial charge is 0.410 e. The lowest BCUT2D eigenvalue weighted by molar-refractivity contribution is 0.0169. The summed E-state index contributed by atoms with van der Waals surface area (Å²) in [6.07, 6.45) is 7.33. The average Bonchev–Trinajstić information content (AvgIpc) is 2.60. The van der Waals surface area contributed by atoms with Gasteiger partial charge < -0.3 is 15.4 Å². The van der Waals surface area contributed by atoms with Gasteiger partial charge in [-0.1, -0.05) is 19.1 Å². The van der Waals surface area contributed by atoms with Crippen molar-refractivity contribution >= 4 is 15.9 Å². The SMILES string of the molecule is CCS(=O)(=O)C1=CC=CC(C(N)C2CCN(C(=O)OC(C)(C)C)CC2)C1. The Morgan fingerprint density at radius 1 is 1.35 bits per heavy atom. The highest BCUT2D eigenvalue weighted by Crippen LogP contribution is 2.31. The molecule has 1 fully saturated rings. The first-order valence-corrected chi connectivity index (χ1v) is 11.0. The molecule has 1 aliphatic carbocycles. The number of carbonyl (C=O) groups excluding carboxylic acids is 1. The van der Waals surface area contributed by atoms with Gasteiger partial charge in [-0.15, -0.1) is 0 Å². The minimum absolute atomic E-state index is 0.0226. The van der Waals surface area contributed by atoms with E-state index in [1.165, 1.54) is 0 Å². The molecular formula is C19H32N2O4S. The van der Waals surface area contributed by atoms with Crippen LogP contribution in [0, 0.1) is 11.8 Å². The number of carbonyl (C=O) groups is 1. The molecule has 1 heterocycles. The van der Waals surface area contributed by atoms with E-state index >= 15 is 0 Å². The van der Waals surface area contributed by atoms with Crippen LogP contribution in [0.4, 0.5) is 4.79 Å². The van der Waals surface area contributed by atoms with Crippen molar-refractivity contribution < 1.29 is 17.9 Å². The summed E-state index contributed by atoms with van der Waals surface area (Å²) in [6, 6.07) is -0.109. The van der Waals surface area contributed by atoms with Crippen molar-refractivity contribution in [3.63, 3.8) is 0 Å². The molecule has 1 saturated heterocycles. The molecular weight excluding hydrogens is 352 g/mol. The van der Waals surface area contributed by atoms with Gasteiger partial charge in [-0.25, -0.2) is 13.2 Å². The fourth-order valence-electron chi connectivity index (χ4n) is 3.50. The van der Waals surface area contributed by atoms with Gasteiger partial charge in [0.25, 0.3) is 0 Å². The molecule has 0 aromatic rings. The summed E-state index contributed by atoms with van der Waals surface area (Å²) in [7, 11) is -3.17. The van der Waals surface area contributed by atoms with Gasteiger partial charge in [0.15, 0.2) is 9.84 Å². The van der Waals surface area contributed by atoms with Crippen molar-refractivity contribution in [3.05, 3.63) is 23.1 Å². The van der Waals surface area contributed by atoms with Crippen LogP contribution in [0.5, 0.6) is 0 Å². The lowest BCUT2D eigenvalue weighted by Crippen LogP contribution is -2.47. The van der Waals surface area contributed by atoms with Crippen LogP contribution < -0.4 is 5.73 Å². The number of allylic oxidation sites excluding steroid dienone is 3. The zero-order chi connectivity index (χ0) is 19.5. The van der Waals surface area contributed by atoms with Crippen LogP contribution in [0.2, 0.25) is 0 Å². The van der Waals surface area contributed by atoms with E-state index in [0.29, 0.717) is 24.4 Å². The molecule has 2 unspecified atom stereocenters. The Bertz CT molecular complexity index is 668. The second-order valence-corrected chi connectivity index (χ2v) is 10.5. The van der Waals surface area contributed by atoms with Crippen molar-refractivity contribution in [2.45, 2.75) is 58.6 Å². The second kappa shape index (κ2) is 8.13. The summed E-state index contributed by atoms with van der Waals surface area (Å²) >= 11 is 0. The zero-order valence-corrected chi connectivity index (χ0v) is 17.1. The Morgan fingerprint density at radius 2 is 1.96 bits per heavy atom. The molecule has 1 amide bonds. The van der Waals surface area contributed by atoms with Gasteiger partial charge >= 0.3 is 6.09 Å². The normalized spacial score (nSPS) is 23.5. The highest BCUT2D eigenvalue weighted by atomic mass is 32.2. The largest absolute Gasteiger partial charge is 0.444 e. The van der Waals surface area contributed by atoms with Crippen molar-refractivity contribution in [1.29, 1.82) is 0 Å². The quantitative estimate of drug-likeness (QED) is 0.805. The summed E-state index contributed by atoms with van der Waals surface area (Å²) in [5, 5.41) is 0. The van der Waals surface area contributed by atoms with Crippen LogP contribution in [0.15, 0.2) is 23.1 Å². The first-order chi connectivity index (χ1) is 12.0. The Kier molecular flexibility index (Phi) is 6.55. The van der Waals surface area contributed by atoms with Crippen molar-refractivity contribution in [1.82, 2.24) is 4.90 Å².